The molecule has 0 saturated carbocycles. The topological polar surface area (TPSA) is 37.3 Å². The van der Waals surface area contributed by atoms with E-state index in [1.165, 1.54) is 5.57 Å². The van der Waals surface area contributed by atoms with Crippen LogP contribution in [-0.2, 0) is 4.79 Å². The van der Waals surface area contributed by atoms with Crippen LogP contribution in [0.15, 0.2) is 11.6 Å². The van der Waals surface area contributed by atoms with E-state index in [1.807, 2.05) is 6.08 Å². The molecule has 0 spiro atoms. The van der Waals surface area contributed by atoms with E-state index in [-0.39, 0.29) is 0 Å². The van der Waals surface area contributed by atoms with E-state index in [1.54, 1.807) is 6.92 Å². The molecule has 3 heteroatoms. The zero-order valence-corrected chi connectivity index (χ0v) is 7.90. The minimum Gasteiger partial charge on any atom is -0.481 e. The summed E-state index contributed by atoms with van der Waals surface area (Å²) < 4.78 is 0. The van der Waals surface area contributed by atoms with Gasteiger partial charge in [-0.3, -0.25) is 4.79 Å². The first-order valence-electron chi connectivity index (χ1n) is 4.06. The van der Waals surface area contributed by atoms with Crippen LogP contribution in [-0.4, -0.2) is 17.0 Å². The van der Waals surface area contributed by atoms with E-state index in [2.05, 4.69) is 0 Å². The molecule has 0 aromatic rings. The summed E-state index contributed by atoms with van der Waals surface area (Å²) in [6.07, 6.45) is 4.11. The smallest absolute Gasteiger partial charge is 0.309 e. The zero-order chi connectivity index (χ0) is 9.19. The average Bonchev–Trinajstić information content (AvgIpc) is 2.06. The number of aliphatic carboxylic acids is 1. The first-order valence-corrected chi connectivity index (χ1v) is 4.59. The third-order valence-electron chi connectivity index (χ3n) is 2.53. The van der Waals surface area contributed by atoms with Crippen molar-refractivity contribution in [2.45, 2.75) is 26.2 Å². The van der Waals surface area contributed by atoms with Crippen molar-refractivity contribution >= 4 is 17.6 Å². The van der Waals surface area contributed by atoms with Gasteiger partial charge in [0.2, 0.25) is 0 Å². The predicted molar refractivity (Wildman–Crippen MR) is 48.4 cm³/mol. The van der Waals surface area contributed by atoms with Crippen molar-refractivity contribution in [2.75, 3.05) is 5.88 Å². The van der Waals surface area contributed by atoms with Gasteiger partial charge in [-0.15, -0.1) is 11.6 Å². The summed E-state index contributed by atoms with van der Waals surface area (Å²) in [5.41, 5.74) is 0.616. The molecule has 0 heterocycles. The van der Waals surface area contributed by atoms with Gasteiger partial charge >= 0.3 is 5.97 Å². The second-order valence-corrected chi connectivity index (χ2v) is 3.83. The Morgan fingerprint density at radius 3 is 2.83 bits per heavy atom. The maximum atomic E-state index is 10.8. The van der Waals surface area contributed by atoms with E-state index >= 15 is 0 Å². The number of halogens is 1. The molecule has 12 heavy (non-hydrogen) atoms. The van der Waals surface area contributed by atoms with Gasteiger partial charge in [0.15, 0.2) is 0 Å². The van der Waals surface area contributed by atoms with Crippen molar-refractivity contribution in [1.82, 2.24) is 0 Å². The van der Waals surface area contributed by atoms with Crippen molar-refractivity contribution in [3.05, 3.63) is 11.6 Å². The predicted octanol–water partition coefficient (Wildman–Crippen LogP) is 2.43. The van der Waals surface area contributed by atoms with Gasteiger partial charge in [0, 0.05) is 5.88 Å². The van der Waals surface area contributed by atoms with E-state index in [4.69, 9.17) is 16.7 Å². The Bertz CT molecular complexity index is 223. The lowest BCUT2D eigenvalue weighted by Crippen LogP contribution is -2.29. The highest BCUT2D eigenvalue weighted by Gasteiger charge is 2.33. The second kappa shape index (κ2) is 3.48. The van der Waals surface area contributed by atoms with Gasteiger partial charge < -0.3 is 5.11 Å². The molecular formula is C9H13ClO2. The highest BCUT2D eigenvalue weighted by Crippen LogP contribution is 2.35. The van der Waals surface area contributed by atoms with Crippen LogP contribution in [0.1, 0.15) is 26.2 Å². The lowest BCUT2D eigenvalue weighted by Gasteiger charge is -2.27. The number of carbonyl (C=O) groups is 1. The fraction of sp³-hybridized carbons (Fsp3) is 0.667. The minimum absolute atomic E-state index is 0.537. The molecule has 0 aromatic heterocycles. The average molecular weight is 189 g/mol. The number of alkyl halides is 1. The maximum absolute atomic E-state index is 10.8. The van der Waals surface area contributed by atoms with Crippen molar-refractivity contribution in [3.63, 3.8) is 0 Å². The van der Waals surface area contributed by atoms with Gasteiger partial charge in [-0.05, 0) is 26.2 Å². The Labute approximate surface area is 77.2 Å². The zero-order valence-electron chi connectivity index (χ0n) is 7.14. The lowest BCUT2D eigenvalue weighted by atomic mass is 9.77. The summed E-state index contributed by atoms with van der Waals surface area (Å²) in [4.78, 5) is 10.8. The molecule has 0 aliphatic heterocycles. The summed E-state index contributed by atoms with van der Waals surface area (Å²) in [5.74, 6) is -0.164. The van der Waals surface area contributed by atoms with Crippen molar-refractivity contribution in [3.8, 4) is 0 Å². The van der Waals surface area contributed by atoms with Gasteiger partial charge in [0.05, 0.1) is 5.41 Å². The summed E-state index contributed by atoms with van der Waals surface area (Å²) in [6, 6.07) is 0. The first kappa shape index (κ1) is 9.59. The van der Waals surface area contributed by atoms with Crippen LogP contribution in [0.3, 0.4) is 0 Å². The molecule has 1 rings (SSSR count). The van der Waals surface area contributed by atoms with Crippen molar-refractivity contribution in [2.24, 2.45) is 5.41 Å². The van der Waals surface area contributed by atoms with Gasteiger partial charge in [-0.2, -0.15) is 0 Å². The Morgan fingerprint density at radius 1 is 1.83 bits per heavy atom. The molecule has 2 nitrogen and oxygen atoms in total. The quantitative estimate of drug-likeness (QED) is 0.534. The molecule has 0 aromatic carbocycles. The van der Waals surface area contributed by atoms with E-state index in [0.717, 1.165) is 6.42 Å². The molecule has 0 amide bonds. The van der Waals surface area contributed by atoms with E-state index in [9.17, 15) is 4.79 Å². The standard InChI is InChI=1S/C9H13ClO2/c1-9(8(11)12)4-2-7(6-10)3-5-9/h2H,3-6H2,1H3,(H,11,12). The number of allylic oxidation sites excluding steroid dienone is 2. The molecule has 1 N–H and O–H groups in total. The third-order valence-corrected chi connectivity index (χ3v) is 2.87. The van der Waals surface area contributed by atoms with E-state index in [0.29, 0.717) is 18.7 Å². The molecule has 1 unspecified atom stereocenters. The summed E-state index contributed by atoms with van der Waals surface area (Å²) in [6.45, 7) is 1.79. The largest absolute Gasteiger partial charge is 0.481 e. The van der Waals surface area contributed by atoms with Crippen LogP contribution >= 0.6 is 11.6 Å². The maximum Gasteiger partial charge on any atom is 0.309 e. The van der Waals surface area contributed by atoms with Gasteiger partial charge in [0.1, 0.15) is 0 Å². The summed E-state index contributed by atoms with van der Waals surface area (Å²) in [5, 5.41) is 8.89. The SMILES string of the molecule is CC1(C(=O)O)CC=C(CCl)CC1. The fourth-order valence-corrected chi connectivity index (χ4v) is 1.57. The number of hydrogen-bond donors (Lipinski definition) is 1. The van der Waals surface area contributed by atoms with E-state index < -0.39 is 11.4 Å². The molecule has 1 aliphatic rings. The molecule has 68 valence electrons. The molecule has 0 fully saturated rings. The molecular weight excluding hydrogens is 176 g/mol. The van der Waals surface area contributed by atoms with Crippen LogP contribution in [0, 0.1) is 5.41 Å². The van der Waals surface area contributed by atoms with Crippen molar-refractivity contribution in [1.29, 1.82) is 0 Å². The highest BCUT2D eigenvalue weighted by molar-refractivity contribution is 6.19. The number of carboxylic acid groups (broad SMARTS) is 1. The van der Waals surface area contributed by atoms with Crippen molar-refractivity contribution < 1.29 is 9.90 Å². The number of hydrogen-bond acceptors (Lipinski definition) is 1. The molecule has 0 radical (unpaired) electrons. The van der Waals surface area contributed by atoms with Gasteiger partial charge in [-0.1, -0.05) is 11.6 Å². The van der Waals surface area contributed by atoms with Crippen LogP contribution in [0.5, 0.6) is 0 Å². The highest BCUT2D eigenvalue weighted by atomic mass is 35.5. The Kier molecular flexibility index (Phi) is 2.78. The van der Waals surface area contributed by atoms with Crippen LogP contribution in [0.25, 0.3) is 0 Å². The Morgan fingerprint density at radius 2 is 2.50 bits per heavy atom. The normalized spacial score (nSPS) is 29.7. The second-order valence-electron chi connectivity index (χ2n) is 3.57. The molecule has 0 bridgehead atoms. The summed E-state index contributed by atoms with van der Waals surface area (Å²) in [7, 11) is 0. The first-order chi connectivity index (χ1) is 5.58. The minimum atomic E-state index is -0.702. The molecule has 1 atom stereocenters. The number of carboxylic acids is 1. The van der Waals surface area contributed by atoms with Gasteiger partial charge in [-0.25, -0.2) is 0 Å². The monoisotopic (exact) mass is 188 g/mol. The van der Waals surface area contributed by atoms with Crippen LogP contribution in [0.2, 0.25) is 0 Å². The molecule has 1 aliphatic carbocycles. The van der Waals surface area contributed by atoms with Crippen LogP contribution < -0.4 is 0 Å². The Balaban J connectivity index is 2.67. The Hall–Kier alpha value is -0.500. The summed E-state index contributed by atoms with van der Waals surface area (Å²) >= 11 is 5.64. The fourth-order valence-electron chi connectivity index (χ4n) is 1.33. The van der Waals surface area contributed by atoms with Crippen LogP contribution in [0.4, 0.5) is 0 Å². The molecule has 0 saturated heterocycles. The third kappa shape index (κ3) is 1.81. The lowest BCUT2D eigenvalue weighted by molar-refractivity contribution is -0.148. The van der Waals surface area contributed by atoms with Gasteiger partial charge in [0.25, 0.3) is 0 Å². The number of rotatable bonds is 2.